The Kier molecular flexibility index (Phi) is 11.3. The Morgan fingerprint density at radius 1 is 0.500 bits per heavy atom. The Hall–Kier alpha value is -5.76. The van der Waals surface area contributed by atoms with Crippen LogP contribution in [0.5, 0.6) is 23.0 Å². The van der Waals surface area contributed by atoms with E-state index >= 15 is 0 Å². The van der Waals surface area contributed by atoms with Gasteiger partial charge in [0.05, 0.1) is 0 Å². The summed E-state index contributed by atoms with van der Waals surface area (Å²) in [5, 5.41) is 4.24. The Balaban J connectivity index is 1.23. The fourth-order valence-corrected chi connectivity index (χ4v) is 4.68. The number of para-hydroxylation sites is 2. The van der Waals surface area contributed by atoms with Crippen molar-refractivity contribution < 1.29 is 38.0 Å². The molecule has 246 valence electrons. The minimum absolute atomic E-state index is 0.0217. The monoisotopic (exact) mass is 646 g/mol. The first-order valence-corrected chi connectivity index (χ1v) is 15.6. The lowest BCUT2D eigenvalue weighted by molar-refractivity contribution is -0.148. The number of ether oxygens (including phenoxy) is 6. The standard InChI is InChI=1S/C40H38O8/c1-27(2)39(41)47-35(23-43-33-19-17-29-11-5-7-13-31(29)21-33)25-45-37-15-9-10-16-38(37)46-26-36(48-40(42)28(3)4)24-44-34-20-18-30-12-6-8-14-32(30)22-34/h5-22,35-36H,1,3,23-26H2,2,4H3. The lowest BCUT2D eigenvalue weighted by Crippen LogP contribution is -2.32. The minimum atomic E-state index is -0.756. The van der Waals surface area contributed by atoms with Gasteiger partial charge in [-0.05, 0) is 71.8 Å². The predicted octanol–water partition coefficient (Wildman–Crippen LogP) is 7.88. The number of benzene rings is 5. The van der Waals surface area contributed by atoms with Gasteiger partial charge < -0.3 is 28.4 Å². The van der Waals surface area contributed by atoms with Crippen molar-refractivity contribution in [2.75, 3.05) is 26.4 Å². The summed E-state index contributed by atoms with van der Waals surface area (Å²) in [6, 6.07) is 34.5. The molecule has 0 amide bonds. The molecule has 0 aliphatic heterocycles. The summed E-state index contributed by atoms with van der Waals surface area (Å²) in [7, 11) is 0. The van der Waals surface area contributed by atoms with Crippen LogP contribution in [0.3, 0.4) is 0 Å². The number of carbonyl (C=O) groups excluding carboxylic acids is 2. The van der Waals surface area contributed by atoms with Gasteiger partial charge in [0.2, 0.25) is 0 Å². The maximum atomic E-state index is 12.4. The van der Waals surface area contributed by atoms with Crippen LogP contribution in [0.2, 0.25) is 0 Å². The lowest BCUT2D eigenvalue weighted by Gasteiger charge is -2.22. The van der Waals surface area contributed by atoms with E-state index in [9.17, 15) is 9.59 Å². The molecule has 5 rings (SSSR count). The molecule has 8 nitrogen and oxygen atoms in total. The highest BCUT2D eigenvalue weighted by atomic mass is 16.6. The molecular weight excluding hydrogens is 608 g/mol. The predicted molar refractivity (Wildman–Crippen MR) is 186 cm³/mol. The van der Waals surface area contributed by atoms with Gasteiger partial charge in [0.15, 0.2) is 23.7 Å². The Morgan fingerprint density at radius 2 is 0.854 bits per heavy atom. The Morgan fingerprint density at radius 3 is 1.25 bits per heavy atom. The normalized spacial score (nSPS) is 12.0. The van der Waals surface area contributed by atoms with Crippen LogP contribution in [0.25, 0.3) is 21.5 Å². The van der Waals surface area contributed by atoms with Gasteiger partial charge in [0, 0.05) is 11.1 Å². The van der Waals surface area contributed by atoms with Crippen molar-refractivity contribution in [2.45, 2.75) is 26.1 Å². The second kappa shape index (κ2) is 16.2. The molecule has 0 saturated heterocycles. The molecule has 0 fully saturated rings. The number of fused-ring (bicyclic) bond motifs is 2. The number of hydrogen-bond acceptors (Lipinski definition) is 8. The van der Waals surface area contributed by atoms with E-state index in [0.29, 0.717) is 23.0 Å². The third kappa shape index (κ3) is 9.39. The van der Waals surface area contributed by atoms with E-state index in [1.165, 1.54) is 0 Å². The van der Waals surface area contributed by atoms with Crippen molar-refractivity contribution in [2.24, 2.45) is 0 Å². The van der Waals surface area contributed by atoms with E-state index in [0.717, 1.165) is 21.5 Å². The van der Waals surface area contributed by atoms with Gasteiger partial charge in [0.25, 0.3) is 0 Å². The van der Waals surface area contributed by atoms with E-state index in [2.05, 4.69) is 13.2 Å². The fraction of sp³-hybridized carbons (Fsp3) is 0.200. The first-order valence-electron chi connectivity index (χ1n) is 15.6. The molecule has 5 aromatic rings. The number of carbonyl (C=O) groups is 2. The molecule has 0 heterocycles. The summed E-state index contributed by atoms with van der Waals surface area (Å²) in [5.74, 6) is 0.970. The van der Waals surface area contributed by atoms with Crippen LogP contribution in [-0.2, 0) is 19.1 Å². The van der Waals surface area contributed by atoms with Crippen LogP contribution >= 0.6 is 0 Å². The van der Waals surface area contributed by atoms with E-state index in [-0.39, 0.29) is 37.6 Å². The minimum Gasteiger partial charge on any atom is -0.490 e. The van der Waals surface area contributed by atoms with E-state index in [4.69, 9.17) is 28.4 Å². The SMILES string of the molecule is C=C(C)C(=O)OC(COc1ccc2ccccc2c1)COc1ccccc1OCC(COc1ccc2ccccc2c1)OC(=O)C(=C)C. The molecular formula is C40H38O8. The third-order valence-electron chi connectivity index (χ3n) is 7.26. The molecule has 5 aromatic carbocycles. The molecule has 2 atom stereocenters. The molecule has 0 radical (unpaired) electrons. The maximum Gasteiger partial charge on any atom is 0.333 e. The van der Waals surface area contributed by atoms with E-state index < -0.39 is 24.1 Å². The Labute approximate surface area is 280 Å². The average Bonchev–Trinajstić information content (AvgIpc) is 3.10. The van der Waals surface area contributed by atoms with Gasteiger partial charge in [-0.3, -0.25) is 0 Å². The fourth-order valence-electron chi connectivity index (χ4n) is 4.68. The molecule has 0 aromatic heterocycles. The second-order valence-electron chi connectivity index (χ2n) is 11.3. The highest BCUT2D eigenvalue weighted by molar-refractivity contribution is 5.87. The van der Waals surface area contributed by atoms with Crippen molar-refractivity contribution in [3.8, 4) is 23.0 Å². The van der Waals surface area contributed by atoms with Crippen LogP contribution in [0.4, 0.5) is 0 Å². The molecule has 0 aliphatic carbocycles. The first-order chi connectivity index (χ1) is 23.2. The van der Waals surface area contributed by atoms with Crippen LogP contribution in [0.1, 0.15) is 13.8 Å². The van der Waals surface area contributed by atoms with Crippen molar-refractivity contribution in [3.05, 3.63) is 133 Å². The van der Waals surface area contributed by atoms with Crippen LogP contribution in [0.15, 0.2) is 133 Å². The van der Waals surface area contributed by atoms with E-state index in [1.807, 2.05) is 84.9 Å². The molecule has 0 spiro atoms. The summed E-state index contributed by atoms with van der Waals surface area (Å²) in [4.78, 5) is 24.9. The van der Waals surface area contributed by atoms with Gasteiger partial charge in [-0.1, -0.05) is 86.0 Å². The van der Waals surface area contributed by atoms with Crippen molar-refractivity contribution in [1.29, 1.82) is 0 Å². The summed E-state index contributed by atoms with van der Waals surface area (Å²) in [6.45, 7) is 10.6. The molecule has 0 aliphatic rings. The highest BCUT2D eigenvalue weighted by Crippen LogP contribution is 2.28. The summed E-state index contributed by atoms with van der Waals surface area (Å²) < 4.78 is 35.5. The number of esters is 2. The van der Waals surface area contributed by atoms with Crippen molar-refractivity contribution >= 4 is 33.5 Å². The maximum absolute atomic E-state index is 12.4. The Bertz CT molecular complexity index is 1770. The number of hydrogen-bond donors (Lipinski definition) is 0. The molecule has 0 N–H and O–H groups in total. The average molecular weight is 647 g/mol. The number of rotatable bonds is 16. The molecule has 48 heavy (non-hydrogen) atoms. The topological polar surface area (TPSA) is 89.5 Å². The zero-order valence-electron chi connectivity index (χ0n) is 27.1. The van der Waals surface area contributed by atoms with Gasteiger partial charge in [-0.15, -0.1) is 0 Å². The molecule has 8 heteroatoms. The van der Waals surface area contributed by atoms with Gasteiger partial charge in [-0.2, -0.15) is 0 Å². The van der Waals surface area contributed by atoms with Crippen LogP contribution in [0, 0.1) is 0 Å². The van der Waals surface area contributed by atoms with Crippen LogP contribution < -0.4 is 18.9 Å². The van der Waals surface area contributed by atoms with Crippen molar-refractivity contribution in [1.82, 2.24) is 0 Å². The quantitative estimate of drug-likeness (QED) is 0.0790. The summed E-state index contributed by atoms with van der Waals surface area (Å²) in [6.07, 6.45) is -1.51. The second-order valence-corrected chi connectivity index (χ2v) is 11.3. The largest absolute Gasteiger partial charge is 0.490 e. The smallest absolute Gasteiger partial charge is 0.333 e. The van der Waals surface area contributed by atoms with Crippen molar-refractivity contribution in [3.63, 3.8) is 0 Å². The zero-order valence-corrected chi connectivity index (χ0v) is 27.1. The first kappa shape index (κ1) is 33.6. The molecule has 0 saturated carbocycles. The molecule has 2 unspecified atom stereocenters. The van der Waals surface area contributed by atoms with Gasteiger partial charge in [-0.25, -0.2) is 9.59 Å². The summed E-state index contributed by atoms with van der Waals surface area (Å²) >= 11 is 0. The van der Waals surface area contributed by atoms with Gasteiger partial charge in [0.1, 0.15) is 37.9 Å². The summed E-state index contributed by atoms with van der Waals surface area (Å²) in [5.41, 5.74) is 0.520. The van der Waals surface area contributed by atoms with Crippen LogP contribution in [-0.4, -0.2) is 50.6 Å². The lowest BCUT2D eigenvalue weighted by atomic mass is 10.1. The third-order valence-corrected chi connectivity index (χ3v) is 7.26. The molecule has 0 bridgehead atoms. The van der Waals surface area contributed by atoms with Gasteiger partial charge >= 0.3 is 11.9 Å². The van der Waals surface area contributed by atoms with E-state index in [1.54, 1.807) is 38.1 Å². The highest BCUT2D eigenvalue weighted by Gasteiger charge is 2.21. The zero-order chi connectivity index (χ0) is 33.9.